The summed E-state index contributed by atoms with van der Waals surface area (Å²) in [6.07, 6.45) is 0.843. The molecule has 6 heteroatoms. The molecule has 0 bridgehead atoms. The van der Waals surface area contributed by atoms with E-state index in [0.717, 1.165) is 23.3 Å². The molecule has 0 fully saturated rings. The molecule has 0 aliphatic carbocycles. The summed E-state index contributed by atoms with van der Waals surface area (Å²) in [7, 11) is 0.268. The van der Waals surface area contributed by atoms with Gasteiger partial charge in [-0.2, -0.15) is 0 Å². The van der Waals surface area contributed by atoms with Gasteiger partial charge in [0.25, 0.3) is 0 Å². The first-order chi connectivity index (χ1) is 11.7. The molecule has 0 amide bonds. The van der Waals surface area contributed by atoms with Gasteiger partial charge in [-0.3, -0.25) is 5.41 Å². The SMILES string of the molecule is N=COB[C@@H](Cc1ccc(OCc2ccccc2)cc1)[C@H](O)CCl. The summed E-state index contributed by atoms with van der Waals surface area (Å²) in [6.45, 7) is 0.529. The molecule has 4 nitrogen and oxygen atoms in total. The Morgan fingerprint density at radius 2 is 1.79 bits per heavy atom. The van der Waals surface area contributed by atoms with Gasteiger partial charge in [0.05, 0.1) is 6.10 Å². The molecule has 0 saturated carbocycles. The minimum atomic E-state index is -0.666. The van der Waals surface area contributed by atoms with Gasteiger partial charge in [-0.25, -0.2) is 0 Å². The predicted molar refractivity (Wildman–Crippen MR) is 98.4 cm³/mol. The van der Waals surface area contributed by atoms with E-state index < -0.39 is 6.10 Å². The van der Waals surface area contributed by atoms with Crippen LogP contribution in [0.3, 0.4) is 0 Å². The van der Waals surface area contributed by atoms with Gasteiger partial charge in [-0.05, 0) is 29.7 Å². The Morgan fingerprint density at radius 1 is 1.08 bits per heavy atom. The fourth-order valence-electron chi connectivity index (χ4n) is 2.37. The minimum absolute atomic E-state index is 0.143. The second kappa shape index (κ2) is 10.0. The van der Waals surface area contributed by atoms with Gasteiger partial charge >= 0.3 is 7.48 Å². The number of hydrogen-bond acceptors (Lipinski definition) is 4. The highest BCUT2D eigenvalue weighted by atomic mass is 35.5. The zero-order chi connectivity index (χ0) is 17.2. The van der Waals surface area contributed by atoms with Crippen molar-refractivity contribution in [1.82, 2.24) is 0 Å². The summed E-state index contributed by atoms with van der Waals surface area (Å²) in [5.41, 5.74) is 2.18. The van der Waals surface area contributed by atoms with Gasteiger partial charge in [0.2, 0.25) is 0 Å². The maximum Gasteiger partial charge on any atom is 0.347 e. The van der Waals surface area contributed by atoms with Crippen LogP contribution in [0, 0.1) is 5.41 Å². The summed E-state index contributed by atoms with van der Waals surface area (Å²) in [5.74, 6) is 0.789. The Hall–Kier alpha value is -1.98. The number of aliphatic hydroxyl groups is 1. The van der Waals surface area contributed by atoms with Gasteiger partial charge in [0, 0.05) is 11.7 Å². The lowest BCUT2D eigenvalue weighted by atomic mass is 9.72. The van der Waals surface area contributed by atoms with Crippen LogP contribution in [-0.2, 0) is 17.7 Å². The van der Waals surface area contributed by atoms with Crippen molar-refractivity contribution in [3.05, 3.63) is 65.7 Å². The van der Waals surface area contributed by atoms with Gasteiger partial charge in [0.1, 0.15) is 18.8 Å². The van der Waals surface area contributed by atoms with Crippen LogP contribution >= 0.6 is 11.6 Å². The lowest BCUT2D eigenvalue weighted by molar-refractivity contribution is 0.184. The largest absolute Gasteiger partial charge is 0.557 e. The van der Waals surface area contributed by atoms with Crippen molar-refractivity contribution in [1.29, 1.82) is 5.41 Å². The van der Waals surface area contributed by atoms with Gasteiger partial charge in [-0.1, -0.05) is 42.5 Å². The molecule has 0 aromatic heterocycles. The molecule has 2 aromatic carbocycles. The van der Waals surface area contributed by atoms with Crippen molar-refractivity contribution in [3.63, 3.8) is 0 Å². The normalized spacial score (nSPS) is 12.9. The first-order valence-corrected chi connectivity index (χ1v) is 8.36. The molecular formula is C18H21BClNO3. The third-order valence-electron chi connectivity index (χ3n) is 3.77. The van der Waals surface area contributed by atoms with Crippen LogP contribution in [0.2, 0.25) is 5.82 Å². The summed E-state index contributed by atoms with van der Waals surface area (Å²) in [4.78, 5) is 0. The lowest BCUT2D eigenvalue weighted by Crippen LogP contribution is -2.25. The van der Waals surface area contributed by atoms with Crippen molar-refractivity contribution in [3.8, 4) is 5.75 Å². The molecule has 2 aromatic rings. The Bertz CT molecular complexity index is 609. The number of alkyl halides is 1. The third-order valence-corrected chi connectivity index (χ3v) is 4.08. The average Bonchev–Trinajstić information content (AvgIpc) is 2.64. The molecular weight excluding hydrogens is 324 g/mol. The Balaban J connectivity index is 1.91. The van der Waals surface area contributed by atoms with Crippen LogP contribution in [0.5, 0.6) is 5.75 Å². The van der Waals surface area contributed by atoms with Crippen LogP contribution in [0.1, 0.15) is 11.1 Å². The number of benzene rings is 2. The van der Waals surface area contributed by atoms with E-state index in [1.54, 1.807) is 0 Å². The van der Waals surface area contributed by atoms with Crippen molar-refractivity contribution >= 4 is 25.5 Å². The maximum absolute atomic E-state index is 9.96. The van der Waals surface area contributed by atoms with Crippen LogP contribution < -0.4 is 4.74 Å². The van der Waals surface area contributed by atoms with E-state index >= 15 is 0 Å². The number of hydrogen-bond donors (Lipinski definition) is 2. The fourth-order valence-corrected chi connectivity index (χ4v) is 2.62. The van der Waals surface area contributed by atoms with Crippen molar-refractivity contribution in [2.24, 2.45) is 0 Å². The van der Waals surface area contributed by atoms with Crippen LogP contribution in [0.25, 0.3) is 0 Å². The van der Waals surface area contributed by atoms with E-state index in [1.807, 2.05) is 54.6 Å². The summed E-state index contributed by atoms with van der Waals surface area (Å²) in [5, 5.41) is 16.9. The highest BCUT2D eigenvalue weighted by Crippen LogP contribution is 2.21. The Kier molecular flexibility index (Phi) is 7.66. The van der Waals surface area contributed by atoms with E-state index in [1.165, 1.54) is 0 Å². The van der Waals surface area contributed by atoms with Crippen LogP contribution in [-0.4, -0.2) is 31.0 Å². The van der Waals surface area contributed by atoms with Gasteiger partial charge < -0.3 is 14.5 Å². The molecule has 2 N–H and O–H groups in total. The first-order valence-electron chi connectivity index (χ1n) is 7.83. The van der Waals surface area contributed by atoms with Gasteiger partial charge in [-0.15, -0.1) is 11.6 Å². The second-order valence-corrected chi connectivity index (χ2v) is 5.86. The zero-order valence-corrected chi connectivity index (χ0v) is 14.2. The molecule has 0 aliphatic rings. The van der Waals surface area contributed by atoms with E-state index in [9.17, 15) is 5.11 Å². The van der Waals surface area contributed by atoms with E-state index in [2.05, 4.69) is 0 Å². The molecule has 0 radical (unpaired) electrons. The highest BCUT2D eigenvalue weighted by molar-refractivity contribution is 6.32. The van der Waals surface area contributed by atoms with Crippen molar-refractivity contribution in [2.45, 2.75) is 24.9 Å². The van der Waals surface area contributed by atoms with Gasteiger partial charge in [0.15, 0.2) is 0 Å². The van der Waals surface area contributed by atoms with E-state index in [0.29, 0.717) is 13.0 Å². The first kappa shape index (κ1) is 18.4. The topological polar surface area (TPSA) is 62.5 Å². The summed E-state index contributed by atoms with van der Waals surface area (Å²) in [6, 6.07) is 17.8. The molecule has 0 heterocycles. The quantitative estimate of drug-likeness (QED) is 0.301. The smallest absolute Gasteiger partial charge is 0.347 e. The standard InChI is InChI=1S/C18H21BClNO3/c20-11-18(22)17(19-24-13-21)10-14-6-8-16(9-7-14)23-12-15-4-2-1-3-5-15/h1-9,13,17-19,21-22H,10-12H2/t17-,18+/m0/s1. The molecule has 126 valence electrons. The highest BCUT2D eigenvalue weighted by Gasteiger charge is 2.21. The Morgan fingerprint density at radius 3 is 2.42 bits per heavy atom. The number of aliphatic hydroxyl groups excluding tert-OH is 1. The molecule has 0 unspecified atom stereocenters. The molecule has 0 aliphatic heterocycles. The summed E-state index contributed by atoms with van der Waals surface area (Å²) < 4.78 is 10.8. The number of halogens is 1. The molecule has 2 atom stereocenters. The second-order valence-electron chi connectivity index (χ2n) is 5.56. The molecule has 0 saturated heterocycles. The molecule has 24 heavy (non-hydrogen) atoms. The van der Waals surface area contributed by atoms with E-state index in [4.69, 9.17) is 26.4 Å². The molecule has 2 rings (SSSR count). The fraction of sp³-hybridized carbons (Fsp3) is 0.278. The number of nitrogens with one attached hydrogen (secondary N) is 1. The number of rotatable bonds is 10. The lowest BCUT2D eigenvalue weighted by Gasteiger charge is -2.19. The predicted octanol–water partition coefficient (Wildman–Crippen LogP) is 3.17. The van der Waals surface area contributed by atoms with Crippen LogP contribution in [0.4, 0.5) is 0 Å². The van der Waals surface area contributed by atoms with Crippen LogP contribution in [0.15, 0.2) is 54.6 Å². The average molecular weight is 346 g/mol. The minimum Gasteiger partial charge on any atom is -0.557 e. The zero-order valence-electron chi connectivity index (χ0n) is 13.4. The van der Waals surface area contributed by atoms with Crippen molar-refractivity contribution < 1.29 is 14.5 Å². The third kappa shape index (κ3) is 5.91. The number of ether oxygens (including phenoxy) is 1. The Labute approximate surface area is 148 Å². The maximum atomic E-state index is 9.96. The van der Waals surface area contributed by atoms with Crippen molar-refractivity contribution in [2.75, 3.05) is 5.88 Å². The monoisotopic (exact) mass is 345 g/mol. The summed E-state index contributed by atoms with van der Waals surface area (Å²) >= 11 is 5.73. The van der Waals surface area contributed by atoms with E-state index in [-0.39, 0.29) is 19.2 Å². The molecule has 0 spiro atoms.